The molecule has 2 bridgehead atoms. The van der Waals surface area contributed by atoms with Gasteiger partial charge in [0, 0.05) is 53.2 Å². The second kappa shape index (κ2) is 21.2. The van der Waals surface area contributed by atoms with Gasteiger partial charge in [-0.05, 0) is 108 Å². The third-order valence-corrected chi connectivity index (χ3v) is 13.5. The maximum atomic E-state index is 14.6. The number of hydrogen-bond donors (Lipinski definition) is 0. The fourth-order valence-corrected chi connectivity index (χ4v) is 10.0. The Balaban J connectivity index is 1.76. The zero-order valence-electron chi connectivity index (χ0n) is 35.7. The normalized spacial score (nSPS) is 40.2. The Morgan fingerprint density at radius 1 is 0.929 bits per heavy atom. The Bertz CT molecular complexity index is 1420. The molecule has 3 heterocycles. The molecule has 13 atom stereocenters. The van der Waals surface area contributed by atoms with Crippen molar-refractivity contribution in [3.05, 3.63) is 23.3 Å². The number of allylic oxidation sites excluding steroid dienone is 3. The molecule has 3 fully saturated rings. The summed E-state index contributed by atoms with van der Waals surface area (Å²) in [7, 11) is 6.28. The minimum atomic E-state index is -1.91. The van der Waals surface area contributed by atoms with Gasteiger partial charge in [0.15, 0.2) is 0 Å². The number of ether oxygens (including phenoxy) is 6. The van der Waals surface area contributed by atoms with E-state index in [0.29, 0.717) is 51.4 Å². The molecule has 318 valence electrons. The number of carbonyl (C=O) groups is 4. The smallest absolute Gasteiger partial charge is 0.329 e. The van der Waals surface area contributed by atoms with Crippen molar-refractivity contribution in [2.45, 2.75) is 166 Å². The van der Waals surface area contributed by atoms with E-state index in [2.05, 4.69) is 26.0 Å². The van der Waals surface area contributed by atoms with Crippen LogP contribution in [0.2, 0.25) is 0 Å². The summed E-state index contributed by atoms with van der Waals surface area (Å²) in [5, 5.41) is -0.0558. The lowest BCUT2D eigenvalue weighted by atomic mass is 9.82. The van der Waals surface area contributed by atoms with E-state index in [4.69, 9.17) is 40.0 Å². The molecule has 0 unspecified atom stereocenters. The van der Waals surface area contributed by atoms with Crippen molar-refractivity contribution in [3.63, 3.8) is 0 Å². The number of cyclic esters (lactones) is 1. The van der Waals surface area contributed by atoms with Crippen LogP contribution in [0.5, 0.6) is 0 Å². The summed E-state index contributed by atoms with van der Waals surface area (Å²) in [6.45, 7) is 12.3. The lowest BCUT2D eigenvalue weighted by Gasteiger charge is -2.48. The van der Waals surface area contributed by atoms with Crippen LogP contribution in [0.3, 0.4) is 0 Å². The third-order valence-electron chi connectivity index (χ3n) is 13.0. The Labute approximate surface area is 340 Å². The Hall–Kier alpha value is -2.15. The van der Waals surface area contributed by atoms with Gasteiger partial charge in [0.05, 0.1) is 23.7 Å². The van der Waals surface area contributed by atoms with Gasteiger partial charge in [0.1, 0.15) is 24.0 Å². The third kappa shape index (κ3) is 10.9. The topological polar surface area (TPSA) is 127 Å². The van der Waals surface area contributed by atoms with Crippen LogP contribution in [0.1, 0.15) is 119 Å². The van der Waals surface area contributed by atoms with E-state index in [1.54, 1.807) is 21.3 Å². The number of halogens is 1. The van der Waals surface area contributed by atoms with Gasteiger partial charge in [-0.2, -0.15) is 0 Å². The van der Waals surface area contributed by atoms with Crippen LogP contribution in [0.15, 0.2) is 23.3 Å². The quantitative estimate of drug-likeness (QED) is 0.111. The van der Waals surface area contributed by atoms with Crippen LogP contribution in [0, 0.1) is 29.6 Å². The highest BCUT2D eigenvalue weighted by molar-refractivity contribution is 6.39. The second-order valence-electron chi connectivity index (χ2n) is 17.2. The number of amides is 1. The number of Topliss-reactive ketones (excluding diaryl/α,β-unsaturated/α-hetero) is 2. The molecule has 3 aliphatic heterocycles. The fourth-order valence-electron chi connectivity index (χ4n) is 9.69. The average Bonchev–Trinajstić information content (AvgIpc) is 3.19. The van der Waals surface area contributed by atoms with Crippen LogP contribution in [0.4, 0.5) is 0 Å². The molecule has 1 saturated carbocycles. The maximum Gasteiger partial charge on any atom is 0.329 e. The van der Waals surface area contributed by atoms with Gasteiger partial charge < -0.3 is 33.3 Å². The van der Waals surface area contributed by atoms with Crippen molar-refractivity contribution in [3.8, 4) is 0 Å². The number of esters is 1. The molecular weight excluding hydrogens is 738 g/mol. The molecule has 0 aromatic carbocycles. The van der Waals surface area contributed by atoms with E-state index in [1.807, 2.05) is 27.7 Å². The number of hydrogen-bond acceptors (Lipinski definition) is 10. The van der Waals surface area contributed by atoms with Gasteiger partial charge in [-0.15, -0.1) is 11.6 Å². The number of fused-ring (bicyclic) bond motifs is 3. The monoisotopic (exact) mass is 807 g/mol. The Morgan fingerprint density at radius 2 is 1.61 bits per heavy atom. The van der Waals surface area contributed by atoms with E-state index in [0.717, 1.165) is 36.8 Å². The first-order chi connectivity index (χ1) is 26.6. The second-order valence-corrected chi connectivity index (χ2v) is 17.7. The minimum Gasteiger partial charge on any atom is -0.456 e. The number of piperidine rings is 1. The molecule has 0 aromatic heterocycles. The first-order valence-electron chi connectivity index (χ1n) is 21.0. The molecule has 4 rings (SSSR count). The number of alkyl halides is 1. The summed E-state index contributed by atoms with van der Waals surface area (Å²) in [5.41, 5.74) is 2.00. The Morgan fingerprint density at radius 3 is 2.25 bits per heavy atom. The Kier molecular flexibility index (Phi) is 17.6. The van der Waals surface area contributed by atoms with Crippen molar-refractivity contribution in [2.75, 3.05) is 35.0 Å². The molecular formula is C44H70ClNO10. The number of rotatable bonds is 7. The molecule has 0 spiro atoms. The first kappa shape index (κ1) is 46.5. The molecule has 2 saturated heterocycles. The predicted molar refractivity (Wildman–Crippen MR) is 215 cm³/mol. The number of nitrogens with zero attached hydrogens (tertiary/aromatic N) is 1. The van der Waals surface area contributed by atoms with Crippen molar-refractivity contribution in [2.24, 2.45) is 29.6 Å². The lowest BCUT2D eigenvalue weighted by Crippen LogP contribution is -2.65. The summed E-state index contributed by atoms with van der Waals surface area (Å²) in [4.78, 5) is 58.5. The van der Waals surface area contributed by atoms with Gasteiger partial charge >= 0.3 is 5.97 Å². The van der Waals surface area contributed by atoms with Crippen LogP contribution < -0.4 is 0 Å². The SMILES string of the molecule is CC[C@@H]1/C=C(\C)C[C@H](C)C[C@H](OC)[C@H]2O[C@@](OC)(C(=O)C(=O)N3CCCC[C@H]3C(=O)O[C@H](/C(C)=C/[C@@H]3CC[C@@H](Cl)[C@H](OC)C3)[C@H](C)CCC1=O)[C@H](C)C[C@@H]2OC. The van der Waals surface area contributed by atoms with Gasteiger partial charge in [0.25, 0.3) is 11.7 Å². The highest BCUT2D eigenvalue weighted by Crippen LogP contribution is 2.41. The van der Waals surface area contributed by atoms with E-state index in [-0.39, 0.29) is 47.5 Å². The molecule has 0 N–H and O–H groups in total. The number of carbonyl (C=O) groups excluding carboxylic acids is 4. The van der Waals surface area contributed by atoms with Gasteiger partial charge in [0.2, 0.25) is 5.79 Å². The molecule has 11 nitrogen and oxygen atoms in total. The molecule has 12 heteroatoms. The maximum absolute atomic E-state index is 14.6. The number of ketones is 2. The van der Waals surface area contributed by atoms with Crippen molar-refractivity contribution in [1.82, 2.24) is 4.90 Å². The molecule has 56 heavy (non-hydrogen) atoms. The molecule has 0 radical (unpaired) electrons. The lowest BCUT2D eigenvalue weighted by molar-refractivity contribution is -0.311. The van der Waals surface area contributed by atoms with Gasteiger partial charge in [-0.1, -0.05) is 45.4 Å². The molecule has 1 amide bonds. The molecule has 0 aromatic rings. The van der Waals surface area contributed by atoms with E-state index >= 15 is 0 Å². The zero-order valence-corrected chi connectivity index (χ0v) is 36.4. The zero-order chi connectivity index (χ0) is 41.3. The van der Waals surface area contributed by atoms with Crippen LogP contribution in [-0.2, 0) is 47.6 Å². The van der Waals surface area contributed by atoms with Crippen molar-refractivity contribution >= 4 is 35.0 Å². The predicted octanol–water partition coefficient (Wildman–Crippen LogP) is 7.40. The fraction of sp³-hybridized carbons (Fsp3) is 0.818. The minimum absolute atomic E-state index is 0.0558. The van der Waals surface area contributed by atoms with E-state index < -0.39 is 59.8 Å². The van der Waals surface area contributed by atoms with Crippen LogP contribution >= 0.6 is 11.6 Å². The van der Waals surface area contributed by atoms with Crippen molar-refractivity contribution < 1.29 is 47.6 Å². The summed E-state index contributed by atoms with van der Waals surface area (Å²) >= 11 is 6.56. The van der Waals surface area contributed by atoms with Crippen molar-refractivity contribution in [1.29, 1.82) is 0 Å². The highest BCUT2D eigenvalue weighted by Gasteiger charge is 2.58. The highest BCUT2D eigenvalue weighted by atomic mass is 35.5. The van der Waals surface area contributed by atoms with Gasteiger partial charge in [-0.25, -0.2) is 4.79 Å². The van der Waals surface area contributed by atoms with E-state index in [1.165, 1.54) is 12.0 Å². The standard InChI is InChI=1S/C44H70ClNO10/c1-11-32-21-26(2)20-27(3)22-37(52-8)40-38(53-9)24-30(6)44(54-10,56-40)41(48)42(49)46-19-13-12-14-34(46)43(50)55-39(28(4)15-18-35(32)47)29(5)23-31-16-17-33(45)36(25-31)51-7/h21,23,27-28,30-34,36-40H,11-20,22,24-25H2,1-10H3/b26-21+,29-23+/t27-,28+,30+,31-,32+,33+,34-,36+,37-,38-,39-,40+,44+/m0/s1. The number of methoxy groups -OCH3 is 4. The largest absolute Gasteiger partial charge is 0.456 e. The summed E-state index contributed by atoms with van der Waals surface area (Å²) < 4.78 is 36.6. The summed E-state index contributed by atoms with van der Waals surface area (Å²) in [6.07, 6.45) is 9.30. The first-order valence-corrected chi connectivity index (χ1v) is 21.5. The van der Waals surface area contributed by atoms with E-state index in [9.17, 15) is 19.2 Å². The molecule has 1 aliphatic carbocycles. The van der Waals surface area contributed by atoms with Crippen LogP contribution in [-0.4, -0.2) is 111 Å². The summed E-state index contributed by atoms with van der Waals surface area (Å²) in [5.74, 6) is -4.66. The van der Waals surface area contributed by atoms with Gasteiger partial charge in [-0.3, -0.25) is 14.4 Å². The average molecular weight is 808 g/mol. The summed E-state index contributed by atoms with van der Waals surface area (Å²) in [6, 6.07) is -0.969. The molecule has 4 aliphatic rings. The van der Waals surface area contributed by atoms with Crippen LogP contribution in [0.25, 0.3) is 0 Å².